The number of benzene rings is 3. The van der Waals surface area contributed by atoms with Gasteiger partial charge in [-0.1, -0.05) is 61.2 Å². The molecule has 4 nitrogen and oxygen atoms in total. The predicted molar refractivity (Wildman–Crippen MR) is 117 cm³/mol. The van der Waals surface area contributed by atoms with E-state index in [9.17, 15) is 17.6 Å². The molecule has 0 N–H and O–H groups in total. The summed E-state index contributed by atoms with van der Waals surface area (Å²) in [5, 5.41) is 0. The van der Waals surface area contributed by atoms with Crippen molar-refractivity contribution in [1.29, 1.82) is 0 Å². The van der Waals surface area contributed by atoms with Crippen molar-refractivity contribution in [2.45, 2.75) is 11.8 Å². The van der Waals surface area contributed by atoms with Crippen molar-refractivity contribution in [2.24, 2.45) is 0 Å². The second-order valence-corrected chi connectivity index (χ2v) is 8.41. The lowest BCUT2D eigenvalue weighted by Crippen LogP contribution is -2.36. The minimum Gasteiger partial charge on any atom is -0.268 e. The Balaban J connectivity index is 2.18. The molecule has 3 aromatic carbocycles. The monoisotopic (exact) mass is 421 g/mol. The van der Waals surface area contributed by atoms with E-state index >= 15 is 0 Å². The Bertz CT molecular complexity index is 1210. The first-order valence-corrected chi connectivity index (χ1v) is 10.5. The molecule has 0 aliphatic carbocycles. The number of hydrogen-bond donors (Lipinski definition) is 0. The summed E-state index contributed by atoms with van der Waals surface area (Å²) in [5.41, 5.74) is 2.50. The number of hydrogen-bond acceptors (Lipinski definition) is 3. The number of sulfonamides is 1. The van der Waals surface area contributed by atoms with Crippen LogP contribution in [0.2, 0.25) is 0 Å². The number of carbonyl (C=O) groups is 1. The third kappa shape index (κ3) is 4.09. The zero-order valence-corrected chi connectivity index (χ0v) is 17.2. The number of aryl methyl sites for hydroxylation is 1. The van der Waals surface area contributed by atoms with Gasteiger partial charge in [0.05, 0.1) is 10.6 Å². The molecule has 0 saturated carbocycles. The first kappa shape index (κ1) is 21.2. The number of carbonyl (C=O) groups excluding carboxylic acids is 1. The van der Waals surface area contributed by atoms with Gasteiger partial charge in [0, 0.05) is 5.56 Å². The van der Waals surface area contributed by atoms with Crippen molar-refractivity contribution in [3.8, 4) is 0 Å². The molecule has 0 fully saturated rings. The van der Waals surface area contributed by atoms with E-state index in [1.807, 2.05) is 6.92 Å². The zero-order valence-electron chi connectivity index (χ0n) is 16.4. The first-order valence-electron chi connectivity index (χ1n) is 9.08. The maximum Gasteiger partial charge on any atom is 0.271 e. The van der Waals surface area contributed by atoms with Crippen LogP contribution in [0.5, 0.6) is 0 Å². The summed E-state index contributed by atoms with van der Waals surface area (Å²) in [6, 6.07) is 18.4. The van der Waals surface area contributed by atoms with E-state index in [-0.39, 0.29) is 10.6 Å². The maximum absolute atomic E-state index is 13.4. The molecule has 0 bridgehead atoms. The summed E-state index contributed by atoms with van der Waals surface area (Å²) >= 11 is 0. The van der Waals surface area contributed by atoms with Crippen molar-refractivity contribution in [3.63, 3.8) is 0 Å². The second-order valence-electron chi connectivity index (χ2n) is 6.63. The first-order chi connectivity index (χ1) is 14.3. The highest BCUT2D eigenvalue weighted by atomic mass is 32.2. The van der Waals surface area contributed by atoms with Gasteiger partial charge < -0.3 is 0 Å². The normalized spacial score (nSPS) is 11.0. The molecule has 0 atom stereocenters. The van der Waals surface area contributed by atoms with Crippen LogP contribution in [0, 0.1) is 12.7 Å². The van der Waals surface area contributed by atoms with Gasteiger partial charge in [-0.3, -0.25) is 4.79 Å². The SMILES string of the molecule is C=CC(=O)N(c1ccccc1C(=C)c1ccc(F)cc1)S(=O)(=O)c1ccc(C)cc1. The zero-order chi connectivity index (χ0) is 21.9. The minimum atomic E-state index is -4.22. The molecule has 0 saturated heterocycles. The molecule has 0 radical (unpaired) electrons. The van der Waals surface area contributed by atoms with E-state index in [1.165, 1.54) is 30.3 Å². The Kier molecular flexibility index (Phi) is 5.99. The highest BCUT2D eigenvalue weighted by molar-refractivity contribution is 7.93. The summed E-state index contributed by atoms with van der Waals surface area (Å²) in [7, 11) is -4.22. The molecule has 0 aliphatic heterocycles. The van der Waals surface area contributed by atoms with Crippen molar-refractivity contribution >= 4 is 27.2 Å². The van der Waals surface area contributed by atoms with E-state index in [1.54, 1.807) is 42.5 Å². The highest BCUT2D eigenvalue weighted by Gasteiger charge is 2.31. The fourth-order valence-electron chi connectivity index (χ4n) is 2.98. The van der Waals surface area contributed by atoms with Crippen LogP contribution in [0.1, 0.15) is 16.7 Å². The Morgan fingerprint density at radius 3 is 2.17 bits per heavy atom. The Labute approximate surface area is 175 Å². The number of anilines is 1. The van der Waals surface area contributed by atoms with Crippen molar-refractivity contribution < 1.29 is 17.6 Å². The van der Waals surface area contributed by atoms with E-state index < -0.39 is 21.7 Å². The van der Waals surface area contributed by atoms with Crippen molar-refractivity contribution in [1.82, 2.24) is 0 Å². The van der Waals surface area contributed by atoms with Gasteiger partial charge in [0.25, 0.3) is 15.9 Å². The van der Waals surface area contributed by atoms with Gasteiger partial charge in [0.15, 0.2) is 0 Å². The lowest BCUT2D eigenvalue weighted by Gasteiger charge is -2.24. The molecule has 3 aromatic rings. The lowest BCUT2D eigenvalue weighted by atomic mass is 9.98. The number of rotatable bonds is 6. The van der Waals surface area contributed by atoms with E-state index in [0.29, 0.717) is 21.0 Å². The second kappa shape index (κ2) is 8.47. The molecule has 6 heteroatoms. The molecule has 1 amide bonds. The molecule has 0 heterocycles. The molecular weight excluding hydrogens is 401 g/mol. The standard InChI is InChI=1S/C24H20FNO3S/c1-4-24(27)26(30(28,29)21-15-9-17(2)10-16-21)23-8-6-5-7-22(23)18(3)19-11-13-20(25)14-12-19/h4-16H,1,3H2,2H3. The van der Waals surface area contributed by atoms with Gasteiger partial charge in [0.2, 0.25) is 0 Å². The van der Waals surface area contributed by atoms with Crippen LogP contribution in [0.15, 0.2) is 96.9 Å². The van der Waals surface area contributed by atoms with Crippen LogP contribution in [0.25, 0.3) is 5.57 Å². The van der Waals surface area contributed by atoms with Crippen LogP contribution < -0.4 is 4.31 Å². The largest absolute Gasteiger partial charge is 0.271 e. The van der Waals surface area contributed by atoms with Gasteiger partial charge in [-0.25, -0.2) is 12.8 Å². The smallest absolute Gasteiger partial charge is 0.268 e. The molecule has 0 unspecified atom stereocenters. The van der Waals surface area contributed by atoms with Gasteiger partial charge >= 0.3 is 0 Å². The topological polar surface area (TPSA) is 54.5 Å². The average Bonchev–Trinajstić information content (AvgIpc) is 2.74. The summed E-state index contributed by atoms with van der Waals surface area (Å²) in [6.45, 7) is 9.33. The van der Waals surface area contributed by atoms with Crippen molar-refractivity contribution in [3.05, 3.63) is 115 Å². The van der Waals surface area contributed by atoms with Gasteiger partial charge in [-0.15, -0.1) is 0 Å². The molecule has 0 aliphatic rings. The summed E-state index contributed by atoms with van der Waals surface area (Å²) in [4.78, 5) is 12.7. The summed E-state index contributed by atoms with van der Waals surface area (Å²) in [5.74, 6) is -1.19. The van der Waals surface area contributed by atoms with Gasteiger partial charge in [-0.05, 0) is 54.5 Å². The Morgan fingerprint density at radius 2 is 1.57 bits per heavy atom. The fourth-order valence-corrected chi connectivity index (χ4v) is 4.40. The quantitative estimate of drug-likeness (QED) is 0.520. The van der Waals surface area contributed by atoms with E-state index in [0.717, 1.165) is 11.6 Å². The summed E-state index contributed by atoms with van der Waals surface area (Å²) < 4.78 is 40.8. The fraction of sp³-hybridized carbons (Fsp3) is 0.0417. The molecule has 30 heavy (non-hydrogen) atoms. The Morgan fingerprint density at radius 1 is 0.967 bits per heavy atom. The van der Waals surface area contributed by atoms with Crippen LogP contribution in [-0.4, -0.2) is 14.3 Å². The van der Waals surface area contributed by atoms with Crippen molar-refractivity contribution in [2.75, 3.05) is 4.31 Å². The predicted octanol–water partition coefficient (Wildman–Crippen LogP) is 5.10. The van der Waals surface area contributed by atoms with E-state index in [2.05, 4.69) is 13.2 Å². The van der Waals surface area contributed by atoms with Gasteiger partial charge in [0.1, 0.15) is 5.82 Å². The average molecular weight is 421 g/mol. The van der Waals surface area contributed by atoms with E-state index in [4.69, 9.17) is 0 Å². The number of amides is 1. The lowest BCUT2D eigenvalue weighted by molar-refractivity contribution is -0.113. The maximum atomic E-state index is 13.4. The van der Waals surface area contributed by atoms with Crippen LogP contribution in [0.4, 0.5) is 10.1 Å². The van der Waals surface area contributed by atoms with Crippen LogP contribution >= 0.6 is 0 Å². The number of halogens is 1. The highest BCUT2D eigenvalue weighted by Crippen LogP contribution is 2.34. The molecule has 0 aromatic heterocycles. The van der Waals surface area contributed by atoms with Gasteiger partial charge in [-0.2, -0.15) is 4.31 Å². The molecule has 0 spiro atoms. The third-order valence-electron chi connectivity index (χ3n) is 4.57. The third-order valence-corrected chi connectivity index (χ3v) is 6.30. The van der Waals surface area contributed by atoms with Crippen LogP contribution in [-0.2, 0) is 14.8 Å². The minimum absolute atomic E-state index is 0.0227. The summed E-state index contributed by atoms with van der Waals surface area (Å²) in [6.07, 6.45) is 0.948. The van der Waals surface area contributed by atoms with Crippen LogP contribution in [0.3, 0.4) is 0 Å². The molecule has 3 rings (SSSR count). The molecule has 152 valence electrons. The number of nitrogens with zero attached hydrogens (tertiary/aromatic N) is 1. The Hall–Kier alpha value is -3.51. The number of para-hydroxylation sites is 1. The molecular formula is C24H20FNO3S.